The predicted octanol–water partition coefficient (Wildman–Crippen LogP) is 6.56. The van der Waals surface area contributed by atoms with Crippen molar-refractivity contribution >= 4 is 39.9 Å². The van der Waals surface area contributed by atoms with Gasteiger partial charge in [0.1, 0.15) is 17.3 Å². The normalized spacial score (nSPS) is 12.9. The zero-order valence-corrected chi connectivity index (χ0v) is 25.9. The molecule has 2 aromatic carbocycles. The van der Waals surface area contributed by atoms with Gasteiger partial charge >= 0.3 is 12.0 Å². The average Bonchev–Trinajstić information content (AvgIpc) is 3.78. The SMILES string of the molecule is COc1ccc(-n2nc(CC(C)C)cc2NC(=O)Nc2cnc(Oc3ccc(-c4cnc(N5CCCC5=O)s4)cc3)nc2)cc1. The molecular weight excluding hydrogens is 592 g/mol. The van der Waals surface area contributed by atoms with Crippen LogP contribution in [0.15, 0.2) is 73.2 Å². The monoisotopic (exact) mass is 624 g/mol. The van der Waals surface area contributed by atoms with Crippen molar-refractivity contribution in [1.82, 2.24) is 24.7 Å². The number of thiazole rings is 1. The first-order valence-corrected chi connectivity index (χ1v) is 15.3. The van der Waals surface area contributed by atoms with Gasteiger partial charge in [0.05, 0.1) is 41.4 Å². The smallest absolute Gasteiger partial charge is 0.324 e. The third-order valence-electron chi connectivity index (χ3n) is 6.97. The molecule has 0 aliphatic carbocycles. The highest BCUT2D eigenvalue weighted by Crippen LogP contribution is 2.34. The number of nitrogens with zero attached hydrogens (tertiary/aromatic N) is 6. The quantitative estimate of drug-likeness (QED) is 0.178. The first-order valence-electron chi connectivity index (χ1n) is 14.5. The minimum Gasteiger partial charge on any atom is -0.497 e. The second-order valence-corrected chi connectivity index (χ2v) is 11.9. The van der Waals surface area contributed by atoms with Crippen LogP contribution in [0.3, 0.4) is 0 Å². The van der Waals surface area contributed by atoms with Crippen LogP contribution in [0.2, 0.25) is 0 Å². The molecule has 0 radical (unpaired) electrons. The van der Waals surface area contributed by atoms with Crippen molar-refractivity contribution in [1.29, 1.82) is 0 Å². The molecule has 0 atom stereocenters. The zero-order valence-electron chi connectivity index (χ0n) is 25.1. The molecule has 230 valence electrons. The number of amides is 3. The summed E-state index contributed by atoms with van der Waals surface area (Å²) >= 11 is 1.49. The highest BCUT2D eigenvalue weighted by molar-refractivity contribution is 7.19. The lowest BCUT2D eigenvalue weighted by Gasteiger charge is -2.11. The van der Waals surface area contributed by atoms with Gasteiger partial charge in [-0.1, -0.05) is 25.2 Å². The van der Waals surface area contributed by atoms with Crippen molar-refractivity contribution < 1.29 is 19.1 Å². The number of carbonyl (C=O) groups is 2. The van der Waals surface area contributed by atoms with E-state index < -0.39 is 6.03 Å². The average molecular weight is 625 g/mol. The molecule has 4 heterocycles. The standard InChI is InChI=1S/C32H32N8O4S/c1-20(2)15-22-16-28(40(38-22)24-8-12-25(43-3)13-9-24)37-30(42)36-23-17-33-31(34-18-23)44-26-10-6-21(7-11-26)27-19-35-32(45-27)39-14-4-5-29(39)41/h6-13,16-20H,4-5,14-15H2,1-3H3,(H2,36,37,42). The number of carbonyl (C=O) groups excluding carboxylic acids is 2. The van der Waals surface area contributed by atoms with Gasteiger partial charge in [-0.25, -0.2) is 24.4 Å². The number of aromatic nitrogens is 5. The molecule has 1 aliphatic heterocycles. The summed E-state index contributed by atoms with van der Waals surface area (Å²) in [7, 11) is 1.61. The Morgan fingerprint density at radius 2 is 1.71 bits per heavy atom. The van der Waals surface area contributed by atoms with Crippen LogP contribution < -0.4 is 25.0 Å². The number of benzene rings is 2. The van der Waals surface area contributed by atoms with Crippen LogP contribution in [0.5, 0.6) is 17.5 Å². The molecule has 3 aromatic heterocycles. The molecule has 2 N–H and O–H groups in total. The Hall–Kier alpha value is -5.30. The number of ether oxygens (including phenoxy) is 2. The second kappa shape index (κ2) is 13.1. The lowest BCUT2D eigenvalue weighted by Crippen LogP contribution is -2.23. The van der Waals surface area contributed by atoms with E-state index in [2.05, 4.69) is 39.4 Å². The number of hydrogen-bond acceptors (Lipinski definition) is 9. The maximum Gasteiger partial charge on any atom is 0.324 e. The van der Waals surface area contributed by atoms with Crippen LogP contribution >= 0.6 is 11.3 Å². The summed E-state index contributed by atoms with van der Waals surface area (Å²) in [4.78, 5) is 40.6. The fourth-order valence-electron chi connectivity index (χ4n) is 4.84. The summed E-state index contributed by atoms with van der Waals surface area (Å²) in [5.74, 6) is 2.33. The fourth-order valence-corrected chi connectivity index (χ4v) is 5.80. The van der Waals surface area contributed by atoms with Gasteiger partial charge < -0.3 is 14.8 Å². The Balaban J connectivity index is 1.07. The van der Waals surface area contributed by atoms with Gasteiger partial charge in [0.15, 0.2) is 5.13 Å². The minimum absolute atomic E-state index is 0.120. The number of urea groups is 1. The van der Waals surface area contributed by atoms with E-state index in [1.807, 2.05) is 54.6 Å². The minimum atomic E-state index is -0.464. The molecule has 0 spiro atoms. The molecule has 0 saturated carbocycles. The van der Waals surface area contributed by atoms with Crippen LogP contribution in [0.25, 0.3) is 16.1 Å². The number of rotatable bonds is 10. The van der Waals surface area contributed by atoms with E-state index in [0.29, 0.717) is 36.1 Å². The Bertz CT molecular complexity index is 1780. The molecule has 12 nitrogen and oxygen atoms in total. The van der Waals surface area contributed by atoms with E-state index in [-0.39, 0.29) is 11.9 Å². The summed E-state index contributed by atoms with van der Waals surface area (Å²) in [6, 6.07) is 16.4. The molecule has 3 amide bonds. The number of anilines is 3. The van der Waals surface area contributed by atoms with E-state index >= 15 is 0 Å². The van der Waals surface area contributed by atoms with Crippen molar-refractivity contribution in [2.24, 2.45) is 5.92 Å². The molecule has 13 heteroatoms. The van der Waals surface area contributed by atoms with Gasteiger partial charge in [-0.2, -0.15) is 5.10 Å². The van der Waals surface area contributed by atoms with Crippen LogP contribution in [-0.2, 0) is 11.2 Å². The molecule has 45 heavy (non-hydrogen) atoms. The summed E-state index contributed by atoms with van der Waals surface area (Å²) in [6.45, 7) is 4.95. The van der Waals surface area contributed by atoms with Crippen molar-refractivity contribution in [2.45, 2.75) is 33.1 Å². The van der Waals surface area contributed by atoms with Gasteiger partial charge in [-0.15, -0.1) is 0 Å². The lowest BCUT2D eigenvalue weighted by atomic mass is 10.1. The molecule has 0 bridgehead atoms. The van der Waals surface area contributed by atoms with Crippen molar-refractivity contribution in [3.63, 3.8) is 0 Å². The van der Waals surface area contributed by atoms with Crippen molar-refractivity contribution in [3.8, 4) is 33.6 Å². The maximum absolute atomic E-state index is 12.9. The van der Waals surface area contributed by atoms with Crippen LogP contribution in [-0.4, -0.2) is 50.3 Å². The Morgan fingerprint density at radius 3 is 2.38 bits per heavy atom. The summed E-state index contributed by atoms with van der Waals surface area (Å²) in [6.07, 6.45) is 6.93. The highest BCUT2D eigenvalue weighted by Gasteiger charge is 2.24. The lowest BCUT2D eigenvalue weighted by molar-refractivity contribution is -0.117. The van der Waals surface area contributed by atoms with Gasteiger partial charge in [0, 0.05) is 25.2 Å². The fraction of sp³-hybridized carbons (Fsp3) is 0.250. The van der Waals surface area contributed by atoms with Crippen LogP contribution in [0, 0.1) is 5.92 Å². The van der Waals surface area contributed by atoms with Gasteiger partial charge in [0.25, 0.3) is 0 Å². The third kappa shape index (κ3) is 7.10. The Kier molecular flexibility index (Phi) is 8.69. The summed E-state index contributed by atoms with van der Waals surface area (Å²) < 4.78 is 12.8. The highest BCUT2D eigenvalue weighted by atomic mass is 32.1. The Labute approximate surface area is 264 Å². The van der Waals surface area contributed by atoms with E-state index in [1.165, 1.54) is 23.7 Å². The molecular formula is C32H32N8O4S. The topological polar surface area (TPSA) is 136 Å². The van der Waals surface area contributed by atoms with Gasteiger partial charge in [0.2, 0.25) is 5.91 Å². The summed E-state index contributed by atoms with van der Waals surface area (Å²) in [5, 5.41) is 11.1. The third-order valence-corrected chi connectivity index (χ3v) is 8.04. The Morgan fingerprint density at radius 1 is 0.978 bits per heavy atom. The first-order chi connectivity index (χ1) is 21.8. The van der Waals surface area contributed by atoms with Gasteiger partial charge in [-0.3, -0.25) is 15.0 Å². The largest absolute Gasteiger partial charge is 0.497 e. The first kappa shape index (κ1) is 29.8. The molecule has 6 rings (SSSR count). The van der Waals surface area contributed by atoms with E-state index in [0.717, 1.165) is 45.5 Å². The molecule has 1 fully saturated rings. The molecule has 0 unspecified atom stereocenters. The van der Waals surface area contributed by atoms with Crippen LogP contribution in [0.1, 0.15) is 32.4 Å². The van der Waals surface area contributed by atoms with Crippen molar-refractivity contribution in [2.75, 3.05) is 29.2 Å². The summed E-state index contributed by atoms with van der Waals surface area (Å²) in [5.41, 5.74) is 3.01. The zero-order chi connectivity index (χ0) is 31.3. The number of nitrogens with one attached hydrogen (secondary N) is 2. The predicted molar refractivity (Wildman–Crippen MR) is 173 cm³/mol. The number of hydrogen-bond donors (Lipinski definition) is 2. The molecule has 1 saturated heterocycles. The van der Waals surface area contributed by atoms with E-state index in [9.17, 15) is 9.59 Å². The van der Waals surface area contributed by atoms with E-state index in [1.54, 1.807) is 22.9 Å². The van der Waals surface area contributed by atoms with Gasteiger partial charge in [-0.05, 0) is 72.9 Å². The van der Waals surface area contributed by atoms with Crippen LogP contribution in [0.4, 0.5) is 21.4 Å². The molecule has 1 aliphatic rings. The maximum atomic E-state index is 12.9. The van der Waals surface area contributed by atoms with E-state index in [4.69, 9.17) is 14.6 Å². The number of methoxy groups -OCH3 is 1. The van der Waals surface area contributed by atoms with Crippen molar-refractivity contribution in [3.05, 3.63) is 78.9 Å². The second-order valence-electron chi connectivity index (χ2n) is 10.8. The molecule has 5 aromatic rings.